The van der Waals surface area contributed by atoms with Gasteiger partial charge in [0.2, 0.25) is 0 Å². The summed E-state index contributed by atoms with van der Waals surface area (Å²) in [4.78, 5) is 8.30. The molecule has 0 heterocycles. The molecular formula is C11H18N2. The predicted molar refractivity (Wildman–Crippen MR) is 60.4 cm³/mol. The van der Waals surface area contributed by atoms with Crippen LogP contribution in [0.15, 0.2) is 35.0 Å². The zero-order valence-corrected chi connectivity index (χ0v) is 8.75. The Labute approximate surface area is 80.8 Å². The summed E-state index contributed by atoms with van der Waals surface area (Å²) in [5, 5.41) is 0. The summed E-state index contributed by atoms with van der Waals surface area (Å²) in [5.74, 6) is 0.368. The van der Waals surface area contributed by atoms with Crippen molar-refractivity contribution in [3.63, 3.8) is 0 Å². The molecule has 2 heteroatoms. The molecule has 0 atom stereocenters. The predicted octanol–water partition coefficient (Wildman–Crippen LogP) is 3.22. The van der Waals surface area contributed by atoms with E-state index in [0.29, 0.717) is 5.92 Å². The second-order valence-electron chi connectivity index (χ2n) is 3.07. The van der Waals surface area contributed by atoms with Gasteiger partial charge in [-0.15, -0.1) is 0 Å². The van der Waals surface area contributed by atoms with Gasteiger partial charge in [0, 0.05) is 18.1 Å². The van der Waals surface area contributed by atoms with Crippen LogP contribution in [0.2, 0.25) is 0 Å². The molecule has 0 aromatic carbocycles. The first kappa shape index (κ1) is 11.8. The van der Waals surface area contributed by atoms with Gasteiger partial charge in [-0.05, 0) is 12.3 Å². The average molecular weight is 178 g/mol. The minimum Gasteiger partial charge on any atom is -0.263 e. The van der Waals surface area contributed by atoms with Crippen LogP contribution in [0.5, 0.6) is 0 Å². The molecule has 0 fully saturated rings. The fourth-order valence-corrected chi connectivity index (χ4v) is 0.698. The lowest BCUT2D eigenvalue weighted by Crippen LogP contribution is -2.09. The van der Waals surface area contributed by atoms with Crippen molar-refractivity contribution in [2.24, 2.45) is 15.9 Å². The Morgan fingerprint density at radius 2 is 2.08 bits per heavy atom. The maximum absolute atomic E-state index is 4.36. The van der Waals surface area contributed by atoms with E-state index in [9.17, 15) is 0 Å². The first-order valence-corrected chi connectivity index (χ1v) is 4.52. The van der Waals surface area contributed by atoms with E-state index in [-0.39, 0.29) is 0 Å². The van der Waals surface area contributed by atoms with Gasteiger partial charge in [0.25, 0.3) is 0 Å². The van der Waals surface area contributed by atoms with Gasteiger partial charge in [-0.2, -0.15) is 0 Å². The van der Waals surface area contributed by atoms with E-state index in [2.05, 4.69) is 37.0 Å². The fraction of sp³-hybridized carbons (Fsp3) is 0.455. The molecule has 0 amide bonds. The first-order valence-electron chi connectivity index (χ1n) is 4.52. The summed E-state index contributed by atoms with van der Waals surface area (Å²) in [6.07, 6.45) is 4.11. The van der Waals surface area contributed by atoms with Gasteiger partial charge >= 0.3 is 0 Å². The summed E-state index contributed by atoms with van der Waals surface area (Å²) in [7, 11) is 0. The monoisotopic (exact) mass is 178 g/mol. The molecule has 72 valence electrons. The van der Waals surface area contributed by atoms with Crippen LogP contribution in [-0.4, -0.2) is 11.9 Å². The van der Waals surface area contributed by atoms with Crippen molar-refractivity contribution in [1.29, 1.82) is 0 Å². The van der Waals surface area contributed by atoms with Crippen LogP contribution in [0, 0.1) is 5.92 Å². The summed E-state index contributed by atoms with van der Waals surface area (Å²) >= 11 is 0. The first-order chi connectivity index (χ1) is 6.11. The molecule has 0 aromatic rings. The number of rotatable bonds is 5. The number of hydrogen-bond acceptors (Lipinski definition) is 2. The van der Waals surface area contributed by atoms with Crippen molar-refractivity contribution in [2.45, 2.75) is 27.2 Å². The minimum atomic E-state index is 0.368. The maximum atomic E-state index is 4.36. The lowest BCUT2D eigenvalue weighted by Gasteiger charge is -2.04. The fourth-order valence-electron chi connectivity index (χ4n) is 0.698. The van der Waals surface area contributed by atoms with Gasteiger partial charge in [-0.1, -0.05) is 33.9 Å². The number of nitrogens with zero attached hydrogens (tertiary/aromatic N) is 2. The molecule has 0 rings (SSSR count). The van der Waals surface area contributed by atoms with Gasteiger partial charge in [-0.3, -0.25) is 9.98 Å². The second kappa shape index (κ2) is 6.35. The highest BCUT2D eigenvalue weighted by atomic mass is 14.8. The van der Waals surface area contributed by atoms with Gasteiger partial charge in [0.05, 0.1) is 5.71 Å². The standard InChI is InChI=1S/C11H18N2/c1-6-10(5)13-11(9(3)4)8-12-7-2/h7-9H,2,5-6H2,1,3-4H3. The highest BCUT2D eigenvalue weighted by molar-refractivity contribution is 6.31. The number of allylic oxidation sites excluding steroid dienone is 1. The van der Waals surface area contributed by atoms with Crippen LogP contribution in [0.1, 0.15) is 27.2 Å². The molecule has 0 aliphatic heterocycles. The van der Waals surface area contributed by atoms with Crippen molar-refractivity contribution < 1.29 is 0 Å². The third-order valence-electron chi connectivity index (χ3n) is 1.60. The van der Waals surface area contributed by atoms with E-state index < -0.39 is 0 Å². The normalized spacial score (nSPS) is 12.5. The largest absolute Gasteiger partial charge is 0.263 e. The molecule has 0 aromatic heterocycles. The molecule has 0 aliphatic carbocycles. The smallest absolute Gasteiger partial charge is 0.0614 e. The Morgan fingerprint density at radius 3 is 2.46 bits per heavy atom. The molecule has 0 spiro atoms. The van der Waals surface area contributed by atoms with E-state index in [1.54, 1.807) is 6.21 Å². The van der Waals surface area contributed by atoms with Gasteiger partial charge in [0.1, 0.15) is 0 Å². The van der Waals surface area contributed by atoms with E-state index in [4.69, 9.17) is 0 Å². The van der Waals surface area contributed by atoms with Crippen LogP contribution >= 0.6 is 0 Å². The van der Waals surface area contributed by atoms with E-state index >= 15 is 0 Å². The third-order valence-corrected chi connectivity index (χ3v) is 1.60. The Bertz CT molecular complexity index is 234. The summed E-state index contributed by atoms with van der Waals surface area (Å²) in [6.45, 7) is 13.5. The molecule has 0 bridgehead atoms. The number of hydrogen-bond donors (Lipinski definition) is 0. The van der Waals surface area contributed by atoms with Crippen LogP contribution < -0.4 is 0 Å². The summed E-state index contributed by atoms with van der Waals surface area (Å²) in [6, 6.07) is 0. The van der Waals surface area contributed by atoms with Crippen LogP contribution in [0.4, 0.5) is 0 Å². The van der Waals surface area contributed by atoms with Crippen LogP contribution in [0.3, 0.4) is 0 Å². The van der Waals surface area contributed by atoms with E-state index in [0.717, 1.165) is 17.8 Å². The molecule has 0 saturated carbocycles. The van der Waals surface area contributed by atoms with Crippen LogP contribution in [-0.2, 0) is 0 Å². The van der Waals surface area contributed by atoms with Gasteiger partial charge in [0.15, 0.2) is 0 Å². The van der Waals surface area contributed by atoms with Crippen molar-refractivity contribution >= 4 is 11.9 Å². The Balaban J connectivity index is 4.59. The van der Waals surface area contributed by atoms with Gasteiger partial charge < -0.3 is 0 Å². The highest BCUT2D eigenvalue weighted by Gasteiger charge is 2.01. The minimum absolute atomic E-state index is 0.368. The lowest BCUT2D eigenvalue weighted by atomic mass is 10.1. The SMILES string of the molecule is C=CN=CC(=NC(=C)CC)C(C)C. The van der Waals surface area contributed by atoms with E-state index in [1.807, 2.05) is 6.92 Å². The van der Waals surface area contributed by atoms with Crippen LogP contribution in [0.25, 0.3) is 0 Å². The Hall–Kier alpha value is -1.18. The summed E-state index contributed by atoms with van der Waals surface area (Å²) < 4.78 is 0. The number of aliphatic imine (C=N–C) groups is 2. The quantitative estimate of drug-likeness (QED) is 0.577. The Morgan fingerprint density at radius 1 is 1.46 bits per heavy atom. The zero-order chi connectivity index (χ0) is 10.3. The maximum Gasteiger partial charge on any atom is 0.0614 e. The van der Waals surface area contributed by atoms with Crippen molar-refractivity contribution in [3.8, 4) is 0 Å². The highest BCUT2D eigenvalue weighted by Crippen LogP contribution is 2.03. The average Bonchev–Trinajstić information content (AvgIpc) is 2.11. The Kier molecular flexibility index (Phi) is 5.77. The molecule has 0 radical (unpaired) electrons. The van der Waals surface area contributed by atoms with Gasteiger partial charge in [-0.25, -0.2) is 0 Å². The lowest BCUT2D eigenvalue weighted by molar-refractivity contribution is 0.888. The molecule has 0 N–H and O–H groups in total. The molecule has 0 unspecified atom stereocenters. The molecule has 13 heavy (non-hydrogen) atoms. The second-order valence-corrected chi connectivity index (χ2v) is 3.07. The molecule has 0 aliphatic rings. The van der Waals surface area contributed by atoms with E-state index in [1.165, 1.54) is 6.20 Å². The van der Waals surface area contributed by atoms with Crippen molar-refractivity contribution in [2.75, 3.05) is 0 Å². The van der Waals surface area contributed by atoms with Crippen molar-refractivity contribution in [1.82, 2.24) is 0 Å². The summed E-state index contributed by atoms with van der Waals surface area (Å²) in [5.41, 5.74) is 1.84. The topological polar surface area (TPSA) is 24.7 Å². The molecule has 2 nitrogen and oxygen atoms in total. The third kappa shape index (κ3) is 5.12. The molecule has 0 saturated heterocycles. The van der Waals surface area contributed by atoms with Crippen molar-refractivity contribution in [3.05, 3.63) is 25.1 Å². The zero-order valence-electron chi connectivity index (χ0n) is 8.75. The molecular weight excluding hydrogens is 160 g/mol.